The first-order valence-electron chi connectivity index (χ1n) is 12.3. The largest absolute Gasteiger partial charge is 0.378 e. The fourth-order valence-electron chi connectivity index (χ4n) is 4.42. The first-order chi connectivity index (χ1) is 13.0. The van der Waals surface area contributed by atoms with Crippen LogP contribution in [0, 0.1) is 5.92 Å². The van der Waals surface area contributed by atoms with Crippen LogP contribution in [0.5, 0.6) is 0 Å². The van der Waals surface area contributed by atoms with Crippen LogP contribution in [0.3, 0.4) is 0 Å². The van der Waals surface area contributed by atoms with Crippen LogP contribution in [-0.4, -0.2) is 36.7 Å². The van der Waals surface area contributed by atoms with E-state index in [1.54, 1.807) is 0 Å². The van der Waals surface area contributed by atoms with Crippen molar-refractivity contribution in [1.82, 2.24) is 4.90 Å². The van der Waals surface area contributed by atoms with Gasteiger partial charge in [-0.1, -0.05) is 97.3 Å². The highest BCUT2D eigenvalue weighted by Crippen LogP contribution is 2.33. The maximum atomic E-state index is 6.26. The molecule has 1 saturated heterocycles. The van der Waals surface area contributed by atoms with Crippen molar-refractivity contribution in [3.63, 3.8) is 0 Å². The van der Waals surface area contributed by atoms with E-state index in [9.17, 15) is 0 Å². The Balaban J connectivity index is 1.86. The molecule has 0 aromatic rings. The van der Waals surface area contributed by atoms with Crippen molar-refractivity contribution in [1.29, 1.82) is 0 Å². The standard InChI is InChI=1S/C25H51NO/c1-6-7-8-9-10-11-12-13-14-15-16-17-18-19-22-27-24-20-21-26(5)25(3,4)23(24)2/h23-24H,6-22H2,1-5H3. The Labute approximate surface area is 171 Å². The van der Waals surface area contributed by atoms with Crippen molar-refractivity contribution < 1.29 is 4.74 Å². The van der Waals surface area contributed by atoms with Gasteiger partial charge in [0.25, 0.3) is 0 Å². The third-order valence-electron chi connectivity index (χ3n) is 7.23. The Hall–Kier alpha value is -0.0800. The summed E-state index contributed by atoms with van der Waals surface area (Å²) in [4.78, 5) is 2.49. The number of rotatable bonds is 16. The van der Waals surface area contributed by atoms with Gasteiger partial charge in [-0.25, -0.2) is 0 Å². The number of likely N-dealkylation sites (tertiary alicyclic amines) is 1. The summed E-state index contributed by atoms with van der Waals surface area (Å²) in [6.45, 7) is 11.5. The number of unbranched alkanes of at least 4 members (excludes halogenated alkanes) is 13. The van der Waals surface area contributed by atoms with E-state index in [4.69, 9.17) is 4.74 Å². The fraction of sp³-hybridized carbons (Fsp3) is 1.00. The molecular formula is C25H51NO. The van der Waals surface area contributed by atoms with Gasteiger partial charge < -0.3 is 9.64 Å². The second kappa shape index (κ2) is 14.9. The number of nitrogens with zero attached hydrogens (tertiary/aromatic N) is 1. The van der Waals surface area contributed by atoms with Crippen molar-refractivity contribution in [2.24, 2.45) is 5.92 Å². The van der Waals surface area contributed by atoms with Gasteiger partial charge in [-0.05, 0) is 33.7 Å². The highest BCUT2D eigenvalue weighted by molar-refractivity contribution is 4.93. The molecule has 2 heteroatoms. The first-order valence-corrected chi connectivity index (χ1v) is 12.3. The van der Waals surface area contributed by atoms with Gasteiger partial charge in [0.05, 0.1) is 6.10 Å². The van der Waals surface area contributed by atoms with E-state index in [0.717, 1.165) is 6.61 Å². The molecule has 0 aromatic heterocycles. The van der Waals surface area contributed by atoms with E-state index in [1.165, 1.54) is 103 Å². The van der Waals surface area contributed by atoms with Gasteiger partial charge in [0, 0.05) is 24.6 Å². The molecule has 0 aliphatic carbocycles. The van der Waals surface area contributed by atoms with Gasteiger partial charge in [-0.2, -0.15) is 0 Å². The summed E-state index contributed by atoms with van der Waals surface area (Å²) in [6, 6.07) is 0. The van der Waals surface area contributed by atoms with Gasteiger partial charge in [0.2, 0.25) is 0 Å². The topological polar surface area (TPSA) is 12.5 Å². The van der Waals surface area contributed by atoms with E-state index in [1.807, 2.05) is 0 Å². The molecule has 1 fully saturated rings. The summed E-state index contributed by atoms with van der Waals surface area (Å²) >= 11 is 0. The number of hydrogen-bond donors (Lipinski definition) is 0. The average Bonchev–Trinajstić information content (AvgIpc) is 2.65. The van der Waals surface area contributed by atoms with Crippen molar-refractivity contribution in [2.45, 2.75) is 136 Å². The maximum absolute atomic E-state index is 6.26. The van der Waals surface area contributed by atoms with Gasteiger partial charge in [-0.3, -0.25) is 0 Å². The van der Waals surface area contributed by atoms with Crippen LogP contribution in [0.1, 0.15) is 124 Å². The second-order valence-corrected chi connectivity index (χ2v) is 9.66. The third-order valence-corrected chi connectivity index (χ3v) is 7.23. The van der Waals surface area contributed by atoms with Gasteiger partial charge in [0.1, 0.15) is 0 Å². The molecule has 0 saturated carbocycles. The first kappa shape index (κ1) is 25.0. The summed E-state index contributed by atoms with van der Waals surface area (Å²) in [5, 5.41) is 0. The molecule has 0 radical (unpaired) electrons. The summed E-state index contributed by atoms with van der Waals surface area (Å²) in [6.07, 6.45) is 21.5. The maximum Gasteiger partial charge on any atom is 0.0630 e. The monoisotopic (exact) mass is 381 g/mol. The molecule has 0 N–H and O–H groups in total. The lowest BCUT2D eigenvalue weighted by atomic mass is 9.79. The molecule has 0 aromatic carbocycles. The van der Waals surface area contributed by atoms with Crippen LogP contribution in [0.2, 0.25) is 0 Å². The molecule has 0 spiro atoms. The van der Waals surface area contributed by atoms with Gasteiger partial charge in [0.15, 0.2) is 0 Å². The number of hydrogen-bond acceptors (Lipinski definition) is 2. The van der Waals surface area contributed by atoms with Crippen LogP contribution < -0.4 is 0 Å². The highest BCUT2D eigenvalue weighted by atomic mass is 16.5. The zero-order chi connectivity index (χ0) is 20.0. The fourth-order valence-corrected chi connectivity index (χ4v) is 4.42. The van der Waals surface area contributed by atoms with Crippen molar-refractivity contribution in [2.75, 3.05) is 20.2 Å². The molecule has 162 valence electrons. The molecule has 1 heterocycles. The Bertz CT molecular complexity index is 341. The molecule has 2 atom stereocenters. The minimum atomic E-state index is 0.262. The quantitative estimate of drug-likeness (QED) is 0.255. The number of ether oxygens (including phenoxy) is 1. The average molecular weight is 382 g/mol. The van der Waals surface area contributed by atoms with Gasteiger partial charge in [-0.15, -0.1) is 0 Å². The highest BCUT2D eigenvalue weighted by Gasteiger charge is 2.39. The zero-order valence-corrected chi connectivity index (χ0v) is 19.5. The molecule has 0 amide bonds. The molecular weight excluding hydrogens is 330 g/mol. The molecule has 2 nitrogen and oxygen atoms in total. The van der Waals surface area contributed by atoms with Crippen molar-refractivity contribution in [3.05, 3.63) is 0 Å². The Morgan fingerprint density at radius 2 is 1.22 bits per heavy atom. The Morgan fingerprint density at radius 3 is 1.70 bits per heavy atom. The third kappa shape index (κ3) is 10.3. The molecule has 0 bridgehead atoms. The Morgan fingerprint density at radius 1 is 0.778 bits per heavy atom. The lowest BCUT2D eigenvalue weighted by Gasteiger charge is -2.48. The molecule has 2 unspecified atom stereocenters. The van der Waals surface area contributed by atoms with Crippen LogP contribution in [0.25, 0.3) is 0 Å². The van der Waals surface area contributed by atoms with Crippen LogP contribution in [0.15, 0.2) is 0 Å². The predicted octanol–water partition coefficient (Wildman–Crippen LogP) is 7.60. The minimum absolute atomic E-state index is 0.262. The van der Waals surface area contributed by atoms with Crippen LogP contribution in [-0.2, 0) is 4.74 Å². The Kier molecular flexibility index (Phi) is 13.7. The van der Waals surface area contributed by atoms with Crippen molar-refractivity contribution >= 4 is 0 Å². The smallest absolute Gasteiger partial charge is 0.0630 e. The normalized spacial score (nSPS) is 23.0. The van der Waals surface area contributed by atoms with E-state index in [0.29, 0.717) is 12.0 Å². The SMILES string of the molecule is CCCCCCCCCCCCCCCCOC1CCN(C)C(C)(C)C1C. The molecule has 1 aliphatic heterocycles. The van der Waals surface area contributed by atoms with E-state index in [2.05, 4.69) is 39.6 Å². The van der Waals surface area contributed by atoms with Gasteiger partial charge >= 0.3 is 0 Å². The van der Waals surface area contributed by atoms with Crippen LogP contribution >= 0.6 is 0 Å². The zero-order valence-electron chi connectivity index (χ0n) is 19.5. The van der Waals surface area contributed by atoms with E-state index >= 15 is 0 Å². The molecule has 27 heavy (non-hydrogen) atoms. The second-order valence-electron chi connectivity index (χ2n) is 9.66. The number of piperidine rings is 1. The lowest BCUT2D eigenvalue weighted by molar-refractivity contribution is -0.0793. The summed E-state index contributed by atoms with van der Waals surface area (Å²) in [5.41, 5.74) is 0.262. The van der Waals surface area contributed by atoms with Crippen molar-refractivity contribution in [3.8, 4) is 0 Å². The summed E-state index contributed by atoms with van der Waals surface area (Å²) in [5.74, 6) is 0.614. The molecule has 1 aliphatic rings. The van der Waals surface area contributed by atoms with Crippen LogP contribution in [0.4, 0.5) is 0 Å². The summed E-state index contributed by atoms with van der Waals surface area (Å²) in [7, 11) is 2.25. The molecule has 1 rings (SSSR count). The lowest BCUT2D eigenvalue weighted by Crippen LogP contribution is -2.56. The van der Waals surface area contributed by atoms with E-state index < -0.39 is 0 Å². The minimum Gasteiger partial charge on any atom is -0.378 e. The van der Waals surface area contributed by atoms with E-state index in [-0.39, 0.29) is 5.54 Å². The predicted molar refractivity (Wildman–Crippen MR) is 121 cm³/mol. The summed E-state index contributed by atoms with van der Waals surface area (Å²) < 4.78 is 6.26.